The lowest BCUT2D eigenvalue weighted by molar-refractivity contribution is -0.384. The summed E-state index contributed by atoms with van der Waals surface area (Å²) < 4.78 is 0. The molecule has 8 heteroatoms. The Kier molecular flexibility index (Phi) is 5.09. The summed E-state index contributed by atoms with van der Waals surface area (Å²) in [4.78, 5) is 27.2. The van der Waals surface area contributed by atoms with Crippen molar-refractivity contribution in [2.75, 3.05) is 5.01 Å². The van der Waals surface area contributed by atoms with Gasteiger partial charge in [-0.2, -0.15) is 10.1 Å². The normalized spacial score (nSPS) is 17.0. The van der Waals surface area contributed by atoms with Gasteiger partial charge in [0.25, 0.3) is 11.6 Å². The number of hydrogen-bond donors (Lipinski definition) is 0. The summed E-state index contributed by atoms with van der Waals surface area (Å²) >= 11 is 5.85. The van der Waals surface area contributed by atoms with Gasteiger partial charge < -0.3 is 0 Å². The predicted molar refractivity (Wildman–Crippen MR) is 101 cm³/mol. The summed E-state index contributed by atoms with van der Waals surface area (Å²) in [5.41, 5.74) is 2.04. The van der Waals surface area contributed by atoms with Crippen LogP contribution in [0.4, 0.5) is 11.4 Å². The molecule has 1 amide bonds. The monoisotopic (exact) mass is 370 g/mol. The smallest absolute Gasteiger partial charge is 0.269 e. The van der Waals surface area contributed by atoms with Crippen molar-refractivity contribution in [2.45, 2.75) is 13.5 Å². The molecule has 1 aliphatic rings. The SMILES string of the molecule is CC1=NN(c2ccc([N+](=O)[O-])cc2)C(=O)C1C=NCc1ccc(Cl)cc1. The van der Waals surface area contributed by atoms with E-state index in [0.29, 0.717) is 23.0 Å². The van der Waals surface area contributed by atoms with Gasteiger partial charge in [0.15, 0.2) is 0 Å². The second-order valence-electron chi connectivity index (χ2n) is 5.76. The molecular weight excluding hydrogens is 356 g/mol. The van der Waals surface area contributed by atoms with Gasteiger partial charge in [-0.05, 0) is 36.8 Å². The lowest BCUT2D eigenvalue weighted by Crippen LogP contribution is -2.27. The third-order valence-electron chi connectivity index (χ3n) is 3.93. The second-order valence-corrected chi connectivity index (χ2v) is 6.20. The number of hydrazone groups is 1. The van der Waals surface area contributed by atoms with E-state index in [0.717, 1.165) is 5.56 Å². The van der Waals surface area contributed by atoms with Crippen molar-refractivity contribution >= 4 is 40.8 Å². The number of carbonyl (C=O) groups excluding carboxylic acids is 1. The Hall–Kier alpha value is -3.06. The number of rotatable bonds is 5. The van der Waals surface area contributed by atoms with Crippen LogP contribution in [0.3, 0.4) is 0 Å². The number of anilines is 1. The molecule has 2 aromatic carbocycles. The molecule has 7 nitrogen and oxygen atoms in total. The average molecular weight is 371 g/mol. The summed E-state index contributed by atoms with van der Waals surface area (Å²) in [7, 11) is 0. The van der Waals surface area contributed by atoms with E-state index in [1.54, 1.807) is 25.3 Å². The number of nitro benzene ring substituents is 1. The van der Waals surface area contributed by atoms with Crippen LogP contribution in [0.15, 0.2) is 58.6 Å². The zero-order valence-electron chi connectivity index (χ0n) is 13.9. The quantitative estimate of drug-likeness (QED) is 0.454. The predicted octanol–water partition coefficient (Wildman–Crippen LogP) is 3.86. The summed E-state index contributed by atoms with van der Waals surface area (Å²) in [6, 6.07) is 13.0. The Morgan fingerprint density at radius 2 is 1.88 bits per heavy atom. The topological polar surface area (TPSA) is 88.2 Å². The van der Waals surface area contributed by atoms with E-state index in [-0.39, 0.29) is 11.6 Å². The largest absolute Gasteiger partial charge is 0.292 e. The van der Waals surface area contributed by atoms with Crippen molar-refractivity contribution in [1.82, 2.24) is 0 Å². The Balaban J connectivity index is 1.70. The molecular formula is C18H15ClN4O3. The van der Waals surface area contributed by atoms with Crippen LogP contribution in [0.25, 0.3) is 0 Å². The zero-order chi connectivity index (χ0) is 18.7. The molecule has 1 unspecified atom stereocenters. The number of nitrogens with zero attached hydrogens (tertiary/aromatic N) is 4. The van der Waals surface area contributed by atoms with E-state index in [1.807, 2.05) is 12.1 Å². The minimum Gasteiger partial charge on any atom is -0.292 e. The average Bonchev–Trinajstić information content (AvgIpc) is 2.91. The highest BCUT2D eigenvalue weighted by Gasteiger charge is 2.33. The maximum absolute atomic E-state index is 12.6. The van der Waals surface area contributed by atoms with Crippen LogP contribution in [-0.2, 0) is 11.3 Å². The molecule has 26 heavy (non-hydrogen) atoms. The van der Waals surface area contributed by atoms with Crippen LogP contribution in [0, 0.1) is 16.0 Å². The summed E-state index contributed by atoms with van der Waals surface area (Å²) in [5, 5.41) is 16.9. The number of benzene rings is 2. The molecule has 0 spiro atoms. The Morgan fingerprint density at radius 1 is 1.23 bits per heavy atom. The number of amides is 1. The maximum Gasteiger partial charge on any atom is 0.269 e. The van der Waals surface area contributed by atoms with Gasteiger partial charge in [0, 0.05) is 23.4 Å². The van der Waals surface area contributed by atoms with E-state index in [4.69, 9.17) is 11.6 Å². The van der Waals surface area contributed by atoms with Crippen LogP contribution in [0.5, 0.6) is 0 Å². The number of aliphatic imine (C=N–C) groups is 1. The van der Waals surface area contributed by atoms with Crippen LogP contribution >= 0.6 is 11.6 Å². The molecule has 1 aliphatic heterocycles. The molecule has 3 rings (SSSR count). The third-order valence-corrected chi connectivity index (χ3v) is 4.18. The molecule has 1 heterocycles. The van der Waals surface area contributed by atoms with Gasteiger partial charge in [0.05, 0.1) is 22.9 Å². The number of halogens is 1. The lowest BCUT2D eigenvalue weighted by atomic mass is 10.1. The molecule has 0 fully saturated rings. The molecule has 0 saturated heterocycles. The van der Waals surface area contributed by atoms with Crippen molar-refractivity contribution in [1.29, 1.82) is 0 Å². The number of non-ortho nitro benzene ring substituents is 1. The van der Waals surface area contributed by atoms with Crippen molar-refractivity contribution in [3.63, 3.8) is 0 Å². The Morgan fingerprint density at radius 3 is 2.50 bits per heavy atom. The van der Waals surface area contributed by atoms with E-state index in [9.17, 15) is 14.9 Å². The minimum absolute atomic E-state index is 0.0397. The maximum atomic E-state index is 12.6. The number of nitro groups is 1. The van der Waals surface area contributed by atoms with E-state index >= 15 is 0 Å². The molecule has 0 aromatic heterocycles. The first-order chi connectivity index (χ1) is 12.5. The molecule has 0 bridgehead atoms. The van der Waals surface area contributed by atoms with Crippen molar-refractivity contribution in [3.8, 4) is 0 Å². The molecule has 132 valence electrons. The first kappa shape index (κ1) is 17.8. The fraction of sp³-hybridized carbons (Fsp3) is 0.167. The third kappa shape index (κ3) is 3.78. The highest BCUT2D eigenvalue weighted by Crippen LogP contribution is 2.25. The molecule has 0 N–H and O–H groups in total. The van der Waals surface area contributed by atoms with Gasteiger partial charge >= 0.3 is 0 Å². The second kappa shape index (κ2) is 7.45. The number of carbonyl (C=O) groups is 1. The summed E-state index contributed by atoms with van der Waals surface area (Å²) in [6.45, 7) is 2.19. The van der Waals surface area contributed by atoms with E-state index < -0.39 is 10.8 Å². The first-order valence-electron chi connectivity index (χ1n) is 7.83. The van der Waals surface area contributed by atoms with Gasteiger partial charge in [-0.1, -0.05) is 23.7 Å². The van der Waals surface area contributed by atoms with Crippen LogP contribution in [0.2, 0.25) is 5.02 Å². The molecule has 0 aliphatic carbocycles. The zero-order valence-corrected chi connectivity index (χ0v) is 14.6. The molecule has 2 aromatic rings. The van der Waals surface area contributed by atoms with Crippen molar-refractivity contribution in [3.05, 3.63) is 69.2 Å². The fourth-order valence-electron chi connectivity index (χ4n) is 2.51. The minimum atomic E-state index is -0.544. The number of hydrogen-bond acceptors (Lipinski definition) is 5. The van der Waals surface area contributed by atoms with Gasteiger partial charge in [0.1, 0.15) is 5.92 Å². The Labute approximate surface area is 154 Å². The van der Waals surface area contributed by atoms with Crippen LogP contribution < -0.4 is 5.01 Å². The van der Waals surface area contributed by atoms with Crippen molar-refractivity contribution in [2.24, 2.45) is 16.0 Å². The standard InChI is InChI=1S/C18H15ClN4O3/c1-12-17(11-20-10-13-2-4-14(19)5-3-13)18(24)22(21-12)15-6-8-16(9-7-15)23(25)26/h2-9,11,17H,10H2,1H3. The molecule has 1 atom stereocenters. The fourth-order valence-corrected chi connectivity index (χ4v) is 2.63. The highest BCUT2D eigenvalue weighted by atomic mass is 35.5. The van der Waals surface area contributed by atoms with Crippen molar-refractivity contribution < 1.29 is 9.72 Å². The van der Waals surface area contributed by atoms with Gasteiger partial charge in [-0.15, -0.1) is 0 Å². The summed E-state index contributed by atoms with van der Waals surface area (Å²) in [5.74, 6) is -0.784. The molecule has 0 radical (unpaired) electrons. The molecule has 0 saturated carbocycles. The van der Waals surface area contributed by atoms with E-state index in [2.05, 4.69) is 10.1 Å². The van der Waals surface area contributed by atoms with Crippen LogP contribution in [0.1, 0.15) is 12.5 Å². The lowest BCUT2D eigenvalue weighted by Gasteiger charge is -2.12. The van der Waals surface area contributed by atoms with Crippen LogP contribution in [-0.4, -0.2) is 22.8 Å². The highest BCUT2D eigenvalue weighted by molar-refractivity contribution is 6.30. The summed E-state index contributed by atoms with van der Waals surface area (Å²) in [6.07, 6.45) is 1.58. The van der Waals surface area contributed by atoms with Gasteiger partial charge in [-0.3, -0.25) is 19.9 Å². The van der Waals surface area contributed by atoms with Gasteiger partial charge in [-0.25, -0.2) is 0 Å². The van der Waals surface area contributed by atoms with E-state index in [1.165, 1.54) is 29.3 Å². The Bertz CT molecular complexity index is 892. The first-order valence-corrected chi connectivity index (χ1v) is 8.21. The van der Waals surface area contributed by atoms with Gasteiger partial charge in [0.2, 0.25) is 0 Å².